The Bertz CT molecular complexity index is 472. The standard InChI is InChI=1S/C13H16F2N2O/c1-16-8-13(5-6-13)12(18)17(2)9-3-4-10(14)11(15)7-9/h3-4,7,16H,5-6,8H2,1-2H3. The molecule has 0 radical (unpaired) electrons. The molecular formula is C13H16F2N2O. The first-order chi connectivity index (χ1) is 8.50. The number of hydrogen-bond donors (Lipinski definition) is 1. The highest BCUT2D eigenvalue weighted by molar-refractivity contribution is 5.99. The molecule has 1 saturated carbocycles. The second kappa shape index (κ2) is 4.65. The molecule has 0 bridgehead atoms. The zero-order valence-electron chi connectivity index (χ0n) is 10.5. The summed E-state index contributed by atoms with van der Waals surface area (Å²) in [5.74, 6) is -1.90. The van der Waals surface area contributed by atoms with E-state index in [1.165, 1.54) is 11.0 Å². The Balaban J connectivity index is 2.18. The van der Waals surface area contributed by atoms with E-state index in [0.29, 0.717) is 12.2 Å². The van der Waals surface area contributed by atoms with Crippen LogP contribution in [0.2, 0.25) is 0 Å². The van der Waals surface area contributed by atoms with Gasteiger partial charge < -0.3 is 10.2 Å². The smallest absolute Gasteiger partial charge is 0.234 e. The number of nitrogens with one attached hydrogen (secondary N) is 1. The lowest BCUT2D eigenvalue weighted by Crippen LogP contribution is -2.39. The summed E-state index contributed by atoms with van der Waals surface area (Å²) in [5, 5.41) is 3.00. The van der Waals surface area contributed by atoms with Gasteiger partial charge >= 0.3 is 0 Å². The molecule has 1 aromatic carbocycles. The average molecular weight is 254 g/mol. The number of rotatable bonds is 4. The SMILES string of the molecule is CNCC1(C(=O)N(C)c2ccc(F)c(F)c2)CC1. The van der Waals surface area contributed by atoms with Gasteiger partial charge in [-0.15, -0.1) is 0 Å². The van der Waals surface area contributed by atoms with Crippen LogP contribution in [0.4, 0.5) is 14.5 Å². The Hall–Kier alpha value is -1.49. The van der Waals surface area contributed by atoms with Crippen molar-refractivity contribution < 1.29 is 13.6 Å². The Morgan fingerprint density at radius 2 is 2.06 bits per heavy atom. The molecule has 5 heteroatoms. The molecule has 1 aromatic rings. The number of benzene rings is 1. The van der Waals surface area contributed by atoms with E-state index in [0.717, 1.165) is 25.0 Å². The molecule has 0 atom stereocenters. The number of carbonyl (C=O) groups is 1. The molecule has 2 rings (SSSR count). The molecule has 0 saturated heterocycles. The van der Waals surface area contributed by atoms with E-state index in [9.17, 15) is 13.6 Å². The van der Waals surface area contributed by atoms with Gasteiger partial charge in [-0.25, -0.2) is 8.78 Å². The third-order valence-electron chi connectivity index (χ3n) is 3.42. The van der Waals surface area contributed by atoms with Crippen molar-refractivity contribution in [3.63, 3.8) is 0 Å². The normalized spacial score (nSPS) is 16.4. The molecule has 1 fully saturated rings. The lowest BCUT2D eigenvalue weighted by Gasteiger charge is -2.23. The zero-order chi connectivity index (χ0) is 13.3. The van der Waals surface area contributed by atoms with Crippen molar-refractivity contribution in [2.45, 2.75) is 12.8 Å². The summed E-state index contributed by atoms with van der Waals surface area (Å²) in [6.45, 7) is 0.611. The molecule has 18 heavy (non-hydrogen) atoms. The van der Waals surface area contributed by atoms with Crippen molar-refractivity contribution >= 4 is 11.6 Å². The van der Waals surface area contributed by atoms with Crippen molar-refractivity contribution in [1.29, 1.82) is 0 Å². The number of amides is 1. The molecule has 98 valence electrons. The van der Waals surface area contributed by atoms with E-state index < -0.39 is 11.6 Å². The summed E-state index contributed by atoms with van der Waals surface area (Å²) in [7, 11) is 3.38. The number of anilines is 1. The first-order valence-corrected chi connectivity index (χ1v) is 5.88. The fourth-order valence-corrected chi connectivity index (χ4v) is 2.12. The van der Waals surface area contributed by atoms with Gasteiger partial charge in [-0.2, -0.15) is 0 Å². The van der Waals surface area contributed by atoms with Gasteiger partial charge in [0, 0.05) is 25.3 Å². The summed E-state index contributed by atoms with van der Waals surface area (Å²) >= 11 is 0. The zero-order valence-corrected chi connectivity index (χ0v) is 10.5. The minimum absolute atomic E-state index is 0.0529. The molecule has 1 amide bonds. The first-order valence-electron chi connectivity index (χ1n) is 5.88. The summed E-state index contributed by atoms with van der Waals surface area (Å²) in [6, 6.07) is 3.49. The van der Waals surface area contributed by atoms with Crippen molar-refractivity contribution in [2.75, 3.05) is 25.5 Å². The monoisotopic (exact) mass is 254 g/mol. The van der Waals surface area contributed by atoms with Gasteiger partial charge in [-0.05, 0) is 32.0 Å². The van der Waals surface area contributed by atoms with E-state index in [1.54, 1.807) is 14.1 Å². The van der Waals surface area contributed by atoms with E-state index >= 15 is 0 Å². The highest BCUT2D eigenvalue weighted by atomic mass is 19.2. The van der Waals surface area contributed by atoms with Crippen LogP contribution in [-0.2, 0) is 4.79 Å². The van der Waals surface area contributed by atoms with Gasteiger partial charge in [0.15, 0.2) is 11.6 Å². The number of carbonyl (C=O) groups excluding carboxylic acids is 1. The fourth-order valence-electron chi connectivity index (χ4n) is 2.12. The maximum Gasteiger partial charge on any atom is 0.234 e. The molecule has 0 spiro atoms. The molecule has 1 aliphatic rings. The van der Waals surface area contributed by atoms with Crippen LogP contribution in [-0.4, -0.2) is 26.5 Å². The van der Waals surface area contributed by atoms with Crippen molar-refractivity contribution in [3.05, 3.63) is 29.8 Å². The molecule has 0 heterocycles. The fraction of sp³-hybridized carbons (Fsp3) is 0.462. The molecule has 0 aromatic heterocycles. The van der Waals surface area contributed by atoms with Gasteiger partial charge in [-0.1, -0.05) is 0 Å². The maximum absolute atomic E-state index is 13.1. The lowest BCUT2D eigenvalue weighted by molar-refractivity contribution is -0.123. The number of nitrogens with zero attached hydrogens (tertiary/aromatic N) is 1. The van der Waals surface area contributed by atoms with Gasteiger partial charge in [0.2, 0.25) is 5.91 Å². The van der Waals surface area contributed by atoms with Crippen LogP contribution in [0.1, 0.15) is 12.8 Å². The van der Waals surface area contributed by atoms with Gasteiger partial charge in [0.25, 0.3) is 0 Å². The Kier molecular flexibility index (Phi) is 3.34. The highest BCUT2D eigenvalue weighted by Gasteiger charge is 2.50. The first kappa shape index (κ1) is 13.0. The largest absolute Gasteiger partial charge is 0.319 e. The maximum atomic E-state index is 13.1. The summed E-state index contributed by atoms with van der Waals surface area (Å²) < 4.78 is 26.0. The second-order valence-corrected chi connectivity index (χ2v) is 4.77. The molecular weight excluding hydrogens is 238 g/mol. The minimum Gasteiger partial charge on any atom is -0.319 e. The van der Waals surface area contributed by atoms with Gasteiger partial charge in [-0.3, -0.25) is 4.79 Å². The van der Waals surface area contributed by atoms with Crippen molar-refractivity contribution in [3.8, 4) is 0 Å². The quantitative estimate of drug-likeness (QED) is 0.890. The third-order valence-corrected chi connectivity index (χ3v) is 3.42. The third kappa shape index (κ3) is 2.22. The molecule has 1 N–H and O–H groups in total. The minimum atomic E-state index is -0.939. The van der Waals surface area contributed by atoms with Gasteiger partial charge in [0.05, 0.1) is 5.41 Å². The lowest BCUT2D eigenvalue weighted by atomic mass is 10.1. The predicted molar refractivity (Wildman–Crippen MR) is 65.4 cm³/mol. The van der Waals surface area contributed by atoms with Crippen LogP contribution in [0.15, 0.2) is 18.2 Å². The Labute approximate surface area is 105 Å². The molecule has 0 aliphatic heterocycles. The van der Waals surface area contributed by atoms with Crippen LogP contribution in [0.25, 0.3) is 0 Å². The summed E-state index contributed by atoms with van der Waals surface area (Å²) in [4.78, 5) is 13.7. The number of halogens is 2. The van der Waals surface area contributed by atoms with Crippen LogP contribution in [0.3, 0.4) is 0 Å². The van der Waals surface area contributed by atoms with Gasteiger partial charge in [0.1, 0.15) is 0 Å². The van der Waals surface area contributed by atoms with Crippen LogP contribution < -0.4 is 10.2 Å². The second-order valence-electron chi connectivity index (χ2n) is 4.77. The van der Waals surface area contributed by atoms with Crippen molar-refractivity contribution in [1.82, 2.24) is 5.32 Å². The van der Waals surface area contributed by atoms with Crippen LogP contribution >= 0.6 is 0 Å². The topological polar surface area (TPSA) is 32.3 Å². The van der Waals surface area contributed by atoms with Crippen molar-refractivity contribution in [2.24, 2.45) is 5.41 Å². The Morgan fingerprint density at radius 1 is 1.39 bits per heavy atom. The van der Waals surface area contributed by atoms with E-state index in [2.05, 4.69) is 5.32 Å². The van der Waals surface area contributed by atoms with Crippen LogP contribution in [0.5, 0.6) is 0 Å². The molecule has 0 unspecified atom stereocenters. The average Bonchev–Trinajstić information content (AvgIpc) is 3.12. The Morgan fingerprint density at radius 3 is 2.56 bits per heavy atom. The van der Waals surface area contributed by atoms with E-state index in [1.807, 2.05) is 0 Å². The molecule has 3 nitrogen and oxygen atoms in total. The van der Waals surface area contributed by atoms with E-state index in [-0.39, 0.29) is 11.3 Å². The number of hydrogen-bond acceptors (Lipinski definition) is 2. The summed E-state index contributed by atoms with van der Waals surface area (Å²) in [6.07, 6.45) is 1.67. The highest BCUT2D eigenvalue weighted by Crippen LogP contribution is 2.47. The van der Waals surface area contributed by atoms with E-state index in [4.69, 9.17) is 0 Å². The molecule has 1 aliphatic carbocycles. The van der Waals surface area contributed by atoms with Crippen LogP contribution in [0, 0.1) is 17.0 Å². The summed E-state index contributed by atoms with van der Waals surface area (Å²) in [5.41, 5.74) is 0.00948. The predicted octanol–water partition coefficient (Wildman–Crippen LogP) is 1.93.